The molecule has 4 heteroatoms. The van der Waals surface area contributed by atoms with Crippen LogP contribution in [-0.2, 0) is 0 Å². The van der Waals surface area contributed by atoms with E-state index in [-0.39, 0.29) is 0 Å². The number of pyridine rings is 1. The first-order chi connectivity index (χ1) is 12.6. The van der Waals surface area contributed by atoms with Gasteiger partial charge in [0.1, 0.15) is 0 Å². The zero-order valence-corrected chi connectivity index (χ0v) is 15.6. The molecule has 26 heavy (non-hydrogen) atoms. The quantitative estimate of drug-likeness (QED) is 0.291. The number of halogens is 2. The SMILES string of the molecule is Cc1ccccc1-c1cccc2c(-c3c(Cl)cccc3Cl)[n+]([O-])ccc12. The maximum absolute atomic E-state index is 12.7. The fraction of sp³-hybridized carbons (Fsp3) is 0.0455. The molecule has 0 aliphatic rings. The van der Waals surface area contributed by atoms with Gasteiger partial charge in [-0.15, -0.1) is 0 Å². The van der Waals surface area contributed by atoms with Crippen molar-refractivity contribution >= 4 is 34.0 Å². The second kappa shape index (κ2) is 6.64. The van der Waals surface area contributed by atoms with Gasteiger partial charge in [0, 0.05) is 11.5 Å². The van der Waals surface area contributed by atoms with Crippen molar-refractivity contribution in [3.05, 3.63) is 93.7 Å². The molecule has 128 valence electrons. The summed E-state index contributed by atoms with van der Waals surface area (Å²) in [7, 11) is 0. The largest absolute Gasteiger partial charge is 0.618 e. The topological polar surface area (TPSA) is 26.9 Å². The summed E-state index contributed by atoms with van der Waals surface area (Å²) in [4.78, 5) is 0. The Kier molecular flexibility index (Phi) is 4.31. The zero-order valence-electron chi connectivity index (χ0n) is 14.0. The van der Waals surface area contributed by atoms with Gasteiger partial charge in [-0.05, 0) is 41.8 Å². The van der Waals surface area contributed by atoms with Crippen LogP contribution in [0.25, 0.3) is 33.2 Å². The van der Waals surface area contributed by atoms with Crippen molar-refractivity contribution < 1.29 is 4.73 Å². The van der Waals surface area contributed by atoms with Crippen molar-refractivity contribution in [2.75, 3.05) is 0 Å². The Bertz CT molecular complexity index is 1120. The van der Waals surface area contributed by atoms with Crippen molar-refractivity contribution in [2.24, 2.45) is 0 Å². The van der Waals surface area contributed by atoms with Gasteiger partial charge in [0.05, 0.1) is 21.0 Å². The molecular weight excluding hydrogens is 365 g/mol. The highest BCUT2D eigenvalue weighted by molar-refractivity contribution is 6.39. The lowest BCUT2D eigenvalue weighted by molar-refractivity contribution is -0.592. The highest BCUT2D eigenvalue weighted by atomic mass is 35.5. The van der Waals surface area contributed by atoms with Crippen LogP contribution < -0.4 is 4.73 Å². The first-order valence-electron chi connectivity index (χ1n) is 8.23. The molecule has 0 aliphatic carbocycles. The molecule has 4 rings (SSSR count). The van der Waals surface area contributed by atoms with E-state index in [0.717, 1.165) is 26.6 Å². The molecule has 0 aliphatic heterocycles. The molecular formula is C22H15Cl2NO. The Balaban J connectivity index is 2.10. The molecule has 0 amide bonds. The van der Waals surface area contributed by atoms with E-state index in [1.165, 1.54) is 11.8 Å². The van der Waals surface area contributed by atoms with E-state index >= 15 is 0 Å². The number of hydrogen-bond acceptors (Lipinski definition) is 1. The predicted octanol–water partition coefficient (Wildman–Crippen LogP) is 6.42. The average Bonchev–Trinajstić information content (AvgIpc) is 2.63. The molecule has 2 nitrogen and oxygen atoms in total. The summed E-state index contributed by atoms with van der Waals surface area (Å²) >= 11 is 12.8. The number of nitrogens with zero attached hydrogens (tertiary/aromatic N) is 1. The van der Waals surface area contributed by atoms with Crippen LogP contribution >= 0.6 is 23.2 Å². The lowest BCUT2D eigenvalue weighted by Crippen LogP contribution is -2.28. The maximum Gasteiger partial charge on any atom is 0.234 e. The van der Waals surface area contributed by atoms with Gasteiger partial charge in [0.25, 0.3) is 0 Å². The van der Waals surface area contributed by atoms with E-state index in [1.54, 1.807) is 18.2 Å². The van der Waals surface area contributed by atoms with Gasteiger partial charge in [-0.3, -0.25) is 0 Å². The molecule has 0 atom stereocenters. The van der Waals surface area contributed by atoms with Crippen LogP contribution in [0.15, 0.2) is 72.9 Å². The average molecular weight is 380 g/mol. The fourth-order valence-corrected chi connectivity index (χ4v) is 3.94. The van der Waals surface area contributed by atoms with Crippen molar-refractivity contribution in [3.8, 4) is 22.4 Å². The van der Waals surface area contributed by atoms with Crippen LogP contribution in [0.1, 0.15) is 5.56 Å². The van der Waals surface area contributed by atoms with Crippen LogP contribution in [0, 0.1) is 12.1 Å². The third-order valence-electron chi connectivity index (χ3n) is 4.59. The van der Waals surface area contributed by atoms with Crippen LogP contribution in [0.5, 0.6) is 0 Å². The predicted molar refractivity (Wildman–Crippen MR) is 109 cm³/mol. The van der Waals surface area contributed by atoms with Gasteiger partial charge in [-0.1, -0.05) is 65.7 Å². The number of fused-ring (bicyclic) bond motifs is 1. The minimum absolute atomic E-state index is 0.455. The van der Waals surface area contributed by atoms with Gasteiger partial charge in [0.15, 0.2) is 6.20 Å². The Labute approximate surface area is 161 Å². The maximum atomic E-state index is 12.7. The molecule has 4 aromatic rings. The standard InChI is InChI=1S/C22H15Cl2NO/c1-14-6-2-3-7-15(14)16-8-4-9-18-17(16)12-13-25(26)22(18)21-19(23)10-5-11-20(21)24/h2-13H,1H3. The molecule has 0 unspecified atom stereocenters. The van der Waals surface area contributed by atoms with Crippen molar-refractivity contribution in [3.63, 3.8) is 0 Å². The van der Waals surface area contributed by atoms with Crippen LogP contribution in [0.2, 0.25) is 10.0 Å². The molecule has 0 radical (unpaired) electrons. The zero-order chi connectivity index (χ0) is 18.3. The normalized spacial score (nSPS) is 11.0. The number of hydrogen-bond donors (Lipinski definition) is 0. The smallest absolute Gasteiger partial charge is 0.234 e. The minimum atomic E-state index is 0.455. The molecule has 0 saturated carbocycles. The highest BCUT2D eigenvalue weighted by Crippen LogP contribution is 2.39. The van der Waals surface area contributed by atoms with Crippen molar-refractivity contribution in [1.82, 2.24) is 0 Å². The van der Waals surface area contributed by atoms with E-state index in [9.17, 15) is 5.21 Å². The number of benzene rings is 3. The van der Waals surface area contributed by atoms with E-state index in [1.807, 2.05) is 30.3 Å². The number of rotatable bonds is 2. The second-order valence-corrected chi connectivity index (χ2v) is 6.98. The van der Waals surface area contributed by atoms with Gasteiger partial charge in [-0.2, -0.15) is 4.73 Å². The highest BCUT2D eigenvalue weighted by Gasteiger charge is 2.21. The fourth-order valence-electron chi connectivity index (χ4n) is 3.37. The molecule has 1 heterocycles. The van der Waals surface area contributed by atoms with Crippen LogP contribution in [0.4, 0.5) is 0 Å². The monoisotopic (exact) mass is 379 g/mol. The molecule has 0 bridgehead atoms. The van der Waals surface area contributed by atoms with Gasteiger partial charge in [0.2, 0.25) is 5.69 Å². The molecule has 0 fully saturated rings. The Morgan fingerprint density at radius 2 is 1.38 bits per heavy atom. The van der Waals surface area contributed by atoms with Crippen LogP contribution in [0.3, 0.4) is 0 Å². The molecule has 1 aromatic heterocycles. The van der Waals surface area contributed by atoms with E-state index in [0.29, 0.717) is 21.3 Å². The number of aryl methyl sites for hydroxylation is 1. The minimum Gasteiger partial charge on any atom is -0.618 e. The van der Waals surface area contributed by atoms with E-state index < -0.39 is 0 Å². The lowest BCUT2D eigenvalue weighted by Gasteiger charge is -2.14. The molecule has 0 N–H and O–H groups in total. The third kappa shape index (κ3) is 2.72. The summed E-state index contributed by atoms with van der Waals surface area (Å²) in [5.74, 6) is 0. The first-order valence-corrected chi connectivity index (χ1v) is 8.99. The van der Waals surface area contributed by atoms with E-state index in [2.05, 4.69) is 25.1 Å². The Morgan fingerprint density at radius 3 is 2.12 bits per heavy atom. The summed E-state index contributed by atoms with van der Waals surface area (Å²) < 4.78 is 0.830. The third-order valence-corrected chi connectivity index (χ3v) is 5.22. The lowest BCUT2D eigenvalue weighted by atomic mass is 9.94. The van der Waals surface area contributed by atoms with Crippen LogP contribution in [-0.4, -0.2) is 0 Å². The van der Waals surface area contributed by atoms with Crippen molar-refractivity contribution in [2.45, 2.75) is 6.92 Å². The van der Waals surface area contributed by atoms with Gasteiger partial charge in [-0.25, -0.2) is 0 Å². The Morgan fingerprint density at radius 1 is 0.731 bits per heavy atom. The summed E-state index contributed by atoms with van der Waals surface area (Å²) in [6.07, 6.45) is 1.51. The summed E-state index contributed by atoms with van der Waals surface area (Å²) in [6.45, 7) is 2.08. The second-order valence-electron chi connectivity index (χ2n) is 6.17. The van der Waals surface area contributed by atoms with Gasteiger partial charge >= 0.3 is 0 Å². The number of aromatic nitrogens is 1. The van der Waals surface area contributed by atoms with E-state index in [4.69, 9.17) is 23.2 Å². The van der Waals surface area contributed by atoms with Gasteiger partial charge < -0.3 is 5.21 Å². The molecule has 3 aromatic carbocycles. The summed E-state index contributed by atoms with van der Waals surface area (Å²) in [6, 6.07) is 21.3. The molecule has 0 spiro atoms. The summed E-state index contributed by atoms with van der Waals surface area (Å²) in [5.41, 5.74) is 4.41. The van der Waals surface area contributed by atoms with Crippen molar-refractivity contribution in [1.29, 1.82) is 0 Å². The molecule has 0 saturated heterocycles. The summed E-state index contributed by atoms with van der Waals surface area (Å²) in [5, 5.41) is 15.4. The first kappa shape index (κ1) is 16.9. The Hall–Kier alpha value is -2.55.